The SMILES string of the molecule is COc1cccc(C2C(=C(O)c3nc4c(C)cccn4c3C)C(=O)C(=O)N2c2nnc(SCc3cccc4ccccc34)s2)c1. The molecule has 11 heteroatoms. The second-order valence-electron chi connectivity index (χ2n) is 10.7. The summed E-state index contributed by atoms with van der Waals surface area (Å²) in [5.41, 5.74) is 4.10. The van der Waals surface area contributed by atoms with Crippen LogP contribution in [0.5, 0.6) is 5.75 Å². The number of ether oxygens (including phenoxy) is 1. The van der Waals surface area contributed by atoms with E-state index in [1.807, 2.05) is 54.8 Å². The van der Waals surface area contributed by atoms with E-state index in [1.165, 1.54) is 33.4 Å². The Morgan fingerprint density at radius 3 is 2.62 bits per heavy atom. The number of fused-ring (bicyclic) bond motifs is 2. The molecule has 7 rings (SSSR count). The van der Waals surface area contributed by atoms with Crippen LogP contribution in [-0.2, 0) is 15.3 Å². The molecule has 0 spiro atoms. The largest absolute Gasteiger partial charge is 0.505 e. The Labute approximate surface area is 266 Å². The number of hydrogen-bond donors (Lipinski definition) is 1. The van der Waals surface area contributed by atoms with Crippen LogP contribution < -0.4 is 9.64 Å². The summed E-state index contributed by atoms with van der Waals surface area (Å²) in [6.07, 6.45) is 1.85. The van der Waals surface area contributed by atoms with Crippen LogP contribution in [0.25, 0.3) is 22.2 Å². The van der Waals surface area contributed by atoms with Gasteiger partial charge in [-0.25, -0.2) is 4.98 Å². The highest BCUT2D eigenvalue weighted by molar-refractivity contribution is 8.00. The van der Waals surface area contributed by atoms with E-state index in [0.717, 1.165) is 16.5 Å². The van der Waals surface area contributed by atoms with Crippen molar-refractivity contribution in [2.75, 3.05) is 12.0 Å². The molecule has 3 aromatic carbocycles. The number of nitrogens with zero attached hydrogens (tertiary/aromatic N) is 5. The number of anilines is 1. The zero-order valence-corrected chi connectivity index (χ0v) is 26.2. The average molecular weight is 634 g/mol. The number of Topliss-reactive ketones (excluding diaryl/α,β-unsaturated/α-hetero) is 1. The molecule has 1 N–H and O–H groups in total. The van der Waals surface area contributed by atoms with Gasteiger partial charge in [0.1, 0.15) is 17.1 Å². The second kappa shape index (κ2) is 11.5. The van der Waals surface area contributed by atoms with Crippen LogP contribution in [-0.4, -0.2) is 43.5 Å². The van der Waals surface area contributed by atoms with E-state index in [1.54, 1.807) is 31.4 Å². The van der Waals surface area contributed by atoms with Gasteiger partial charge in [0.2, 0.25) is 5.13 Å². The van der Waals surface area contributed by atoms with Crippen LogP contribution in [0, 0.1) is 13.8 Å². The third kappa shape index (κ3) is 4.94. The van der Waals surface area contributed by atoms with Gasteiger partial charge in [0.15, 0.2) is 10.1 Å². The monoisotopic (exact) mass is 633 g/mol. The molecule has 1 unspecified atom stereocenters. The Bertz CT molecular complexity index is 2160. The standard InChI is InChI=1S/C34H27N5O4S2/c1-19-9-8-16-38-20(2)27(35-31(19)38)29(40)26-28(22-12-7-14-24(17-22)43-3)39(32(42)30(26)41)33-36-37-34(45-33)44-18-23-13-6-11-21-10-4-5-15-25(21)23/h4-17,28,40H,18H2,1-3H3. The first-order valence-electron chi connectivity index (χ1n) is 14.2. The lowest BCUT2D eigenvalue weighted by molar-refractivity contribution is -0.132. The lowest BCUT2D eigenvalue weighted by Gasteiger charge is -2.22. The van der Waals surface area contributed by atoms with E-state index in [0.29, 0.717) is 32.7 Å². The Balaban J connectivity index is 1.30. The molecule has 1 amide bonds. The third-order valence-electron chi connectivity index (χ3n) is 8.00. The highest BCUT2D eigenvalue weighted by Gasteiger charge is 2.49. The summed E-state index contributed by atoms with van der Waals surface area (Å²) >= 11 is 2.74. The van der Waals surface area contributed by atoms with E-state index in [4.69, 9.17) is 4.74 Å². The Hall–Kier alpha value is -5.00. The number of carbonyl (C=O) groups excluding carboxylic acids is 2. The van der Waals surface area contributed by atoms with Crippen LogP contribution in [0.3, 0.4) is 0 Å². The number of ketones is 1. The fourth-order valence-corrected chi connectivity index (χ4v) is 7.62. The number of methoxy groups -OCH3 is 1. The Kier molecular flexibility index (Phi) is 7.34. The fourth-order valence-electron chi connectivity index (χ4n) is 5.75. The van der Waals surface area contributed by atoms with Crippen LogP contribution in [0.1, 0.15) is 34.1 Å². The van der Waals surface area contributed by atoms with Crippen LogP contribution in [0.4, 0.5) is 5.13 Å². The molecule has 1 aliphatic rings. The summed E-state index contributed by atoms with van der Waals surface area (Å²) in [7, 11) is 1.54. The Morgan fingerprint density at radius 2 is 1.80 bits per heavy atom. The maximum Gasteiger partial charge on any atom is 0.301 e. The number of aliphatic hydroxyl groups excluding tert-OH is 1. The number of thioether (sulfide) groups is 1. The first-order valence-corrected chi connectivity index (χ1v) is 16.0. The number of aryl methyl sites for hydroxylation is 2. The van der Waals surface area contributed by atoms with Gasteiger partial charge in [-0.1, -0.05) is 83.8 Å². The first kappa shape index (κ1) is 28.8. The average Bonchev–Trinajstić information content (AvgIpc) is 3.74. The van der Waals surface area contributed by atoms with Gasteiger partial charge in [-0.2, -0.15) is 0 Å². The minimum absolute atomic E-state index is 0.0717. The number of aliphatic hydroxyl groups is 1. The maximum atomic E-state index is 13.8. The summed E-state index contributed by atoms with van der Waals surface area (Å²) < 4.78 is 7.96. The van der Waals surface area contributed by atoms with Crippen molar-refractivity contribution in [1.29, 1.82) is 0 Å². The summed E-state index contributed by atoms with van der Waals surface area (Å²) in [5.74, 6) is -0.779. The minimum Gasteiger partial charge on any atom is -0.505 e. The predicted octanol–water partition coefficient (Wildman–Crippen LogP) is 6.88. The molecule has 45 heavy (non-hydrogen) atoms. The fraction of sp³-hybridized carbons (Fsp3) is 0.147. The van der Waals surface area contributed by atoms with E-state index in [9.17, 15) is 14.7 Å². The molecular weight excluding hydrogens is 607 g/mol. The number of hydrogen-bond acceptors (Lipinski definition) is 9. The molecule has 1 aliphatic heterocycles. The zero-order chi connectivity index (χ0) is 31.2. The predicted molar refractivity (Wildman–Crippen MR) is 176 cm³/mol. The number of imidazole rings is 1. The number of rotatable bonds is 7. The number of carbonyl (C=O) groups is 2. The van der Waals surface area contributed by atoms with Crippen molar-refractivity contribution in [1.82, 2.24) is 19.6 Å². The third-order valence-corrected chi connectivity index (χ3v) is 10.1. The van der Waals surface area contributed by atoms with Gasteiger partial charge < -0.3 is 14.2 Å². The van der Waals surface area contributed by atoms with Crippen molar-refractivity contribution < 1.29 is 19.4 Å². The molecule has 0 radical (unpaired) electrons. The highest BCUT2D eigenvalue weighted by atomic mass is 32.2. The summed E-state index contributed by atoms with van der Waals surface area (Å²) in [6, 6.07) is 24.3. The van der Waals surface area contributed by atoms with Gasteiger partial charge in [0.05, 0.1) is 24.4 Å². The van der Waals surface area contributed by atoms with Gasteiger partial charge in [-0.05, 0) is 59.5 Å². The first-order chi connectivity index (χ1) is 21.9. The highest BCUT2D eigenvalue weighted by Crippen LogP contribution is 2.45. The van der Waals surface area contributed by atoms with Gasteiger partial charge in [0, 0.05) is 11.9 Å². The van der Waals surface area contributed by atoms with Crippen LogP contribution in [0.15, 0.2) is 95.0 Å². The molecule has 9 nitrogen and oxygen atoms in total. The molecule has 0 aliphatic carbocycles. The van der Waals surface area contributed by atoms with Crippen LogP contribution in [0.2, 0.25) is 0 Å². The van der Waals surface area contributed by atoms with E-state index in [-0.39, 0.29) is 22.2 Å². The minimum atomic E-state index is -0.978. The van der Waals surface area contributed by atoms with E-state index < -0.39 is 17.7 Å². The van der Waals surface area contributed by atoms with E-state index >= 15 is 0 Å². The van der Waals surface area contributed by atoms with Gasteiger partial charge >= 0.3 is 5.91 Å². The van der Waals surface area contributed by atoms with Crippen molar-refractivity contribution in [3.63, 3.8) is 0 Å². The van der Waals surface area contributed by atoms with Gasteiger partial charge in [-0.3, -0.25) is 14.5 Å². The van der Waals surface area contributed by atoms with Crippen molar-refractivity contribution in [3.05, 3.63) is 119 Å². The van der Waals surface area contributed by atoms with Crippen molar-refractivity contribution in [3.8, 4) is 5.75 Å². The number of benzene rings is 3. The number of amides is 1. The Morgan fingerprint density at radius 1 is 1.00 bits per heavy atom. The lowest BCUT2D eigenvalue weighted by atomic mass is 9.96. The molecule has 0 bridgehead atoms. The normalized spacial score (nSPS) is 16.2. The number of pyridine rings is 1. The second-order valence-corrected chi connectivity index (χ2v) is 12.8. The molecule has 1 atom stereocenters. The van der Waals surface area contributed by atoms with Crippen molar-refractivity contribution >= 4 is 62.1 Å². The van der Waals surface area contributed by atoms with Gasteiger partial charge in [-0.15, -0.1) is 10.2 Å². The van der Waals surface area contributed by atoms with Crippen molar-refractivity contribution in [2.45, 2.75) is 30.0 Å². The smallest absolute Gasteiger partial charge is 0.301 e. The number of aromatic nitrogens is 4. The molecule has 1 saturated heterocycles. The van der Waals surface area contributed by atoms with Gasteiger partial charge in [0.25, 0.3) is 5.78 Å². The van der Waals surface area contributed by atoms with E-state index in [2.05, 4.69) is 39.4 Å². The molecule has 3 aromatic heterocycles. The topological polar surface area (TPSA) is 110 Å². The summed E-state index contributed by atoms with van der Waals surface area (Å²) in [4.78, 5) is 33.5. The molecule has 4 heterocycles. The molecule has 0 saturated carbocycles. The van der Waals surface area contributed by atoms with Crippen molar-refractivity contribution in [2.24, 2.45) is 0 Å². The molecule has 6 aromatic rings. The molecule has 1 fully saturated rings. The zero-order valence-electron chi connectivity index (χ0n) is 24.6. The molecule has 224 valence electrons. The molecular formula is C34H27N5O4S2. The quantitative estimate of drug-likeness (QED) is 0.0666. The van der Waals surface area contributed by atoms with Crippen LogP contribution >= 0.6 is 23.1 Å². The summed E-state index contributed by atoms with van der Waals surface area (Å²) in [5, 5.41) is 23.0. The maximum absolute atomic E-state index is 13.8. The summed E-state index contributed by atoms with van der Waals surface area (Å²) in [6.45, 7) is 3.74. The lowest BCUT2D eigenvalue weighted by Crippen LogP contribution is -2.29.